The Kier molecular flexibility index (Phi) is 5.12. The van der Waals surface area contributed by atoms with Crippen LogP contribution in [-0.4, -0.2) is 19.1 Å². The van der Waals surface area contributed by atoms with Crippen molar-refractivity contribution >= 4 is 17.3 Å². The van der Waals surface area contributed by atoms with Gasteiger partial charge in [0, 0.05) is 36.4 Å². The minimum absolute atomic E-state index is 0.598. The lowest BCUT2D eigenvalue weighted by Crippen LogP contribution is -2.31. The number of hydrogen-bond acceptors (Lipinski definition) is 2. The first-order chi connectivity index (χ1) is 9.15. The fourth-order valence-corrected chi connectivity index (χ4v) is 2.81. The van der Waals surface area contributed by atoms with Gasteiger partial charge < -0.3 is 10.2 Å². The first kappa shape index (κ1) is 14.7. The molecule has 3 heteroatoms. The minimum atomic E-state index is 0.598. The molecule has 2 rings (SSSR count). The molecule has 1 aliphatic rings. The Morgan fingerprint density at radius 1 is 1.32 bits per heavy atom. The van der Waals surface area contributed by atoms with Crippen LogP contribution in [0.4, 0.5) is 5.69 Å². The molecule has 0 amide bonds. The zero-order valence-electron chi connectivity index (χ0n) is 12.2. The molecule has 2 nitrogen and oxygen atoms in total. The molecular formula is C16H25ClN2. The third kappa shape index (κ3) is 3.87. The Morgan fingerprint density at radius 2 is 2.00 bits per heavy atom. The van der Waals surface area contributed by atoms with Crippen LogP contribution in [0.15, 0.2) is 18.2 Å². The number of halogens is 1. The van der Waals surface area contributed by atoms with Crippen LogP contribution in [0, 0.1) is 0 Å². The topological polar surface area (TPSA) is 15.3 Å². The molecule has 1 saturated carbocycles. The van der Waals surface area contributed by atoms with Gasteiger partial charge in [-0.3, -0.25) is 0 Å². The van der Waals surface area contributed by atoms with Crippen LogP contribution in [0.1, 0.15) is 45.1 Å². The van der Waals surface area contributed by atoms with E-state index < -0.39 is 0 Å². The van der Waals surface area contributed by atoms with Gasteiger partial charge in [-0.15, -0.1) is 0 Å². The van der Waals surface area contributed by atoms with Crippen molar-refractivity contribution in [3.8, 4) is 0 Å². The normalized spacial score (nSPS) is 15.0. The van der Waals surface area contributed by atoms with E-state index in [9.17, 15) is 0 Å². The maximum atomic E-state index is 6.15. The first-order valence-electron chi connectivity index (χ1n) is 7.40. The fraction of sp³-hybridized carbons (Fsp3) is 0.625. The van der Waals surface area contributed by atoms with Gasteiger partial charge in [0.15, 0.2) is 0 Å². The molecule has 1 N–H and O–H groups in total. The lowest BCUT2D eigenvalue weighted by atomic mass is 10.1. The van der Waals surface area contributed by atoms with Crippen LogP contribution < -0.4 is 10.2 Å². The van der Waals surface area contributed by atoms with E-state index in [0.29, 0.717) is 6.04 Å². The number of benzene rings is 1. The van der Waals surface area contributed by atoms with Crippen LogP contribution in [-0.2, 0) is 6.54 Å². The predicted molar refractivity (Wildman–Crippen MR) is 84.1 cm³/mol. The number of anilines is 1. The quantitative estimate of drug-likeness (QED) is 0.805. The average molecular weight is 281 g/mol. The zero-order valence-corrected chi connectivity index (χ0v) is 13.0. The number of rotatable bonds is 7. The van der Waals surface area contributed by atoms with Crippen molar-refractivity contribution in [2.24, 2.45) is 0 Å². The van der Waals surface area contributed by atoms with Crippen LogP contribution in [0.5, 0.6) is 0 Å². The van der Waals surface area contributed by atoms with E-state index in [1.54, 1.807) is 0 Å². The highest BCUT2D eigenvalue weighted by atomic mass is 35.5. The van der Waals surface area contributed by atoms with Gasteiger partial charge in [0.25, 0.3) is 0 Å². The van der Waals surface area contributed by atoms with Crippen LogP contribution >= 0.6 is 11.6 Å². The van der Waals surface area contributed by atoms with Gasteiger partial charge in [0.1, 0.15) is 0 Å². The van der Waals surface area contributed by atoms with E-state index in [1.165, 1.54) is 36.9 Å². The second kappa shape index (κ2) is 6.62. The summed E-state index contributed by atoms with van der Waals surface area (Å²) in [5.74, 6) is 0. The lowest BCUT2D eigenvalue weighted by Gasteiger charge is -2.30. The molecule has 19 heavy (non-hydrogen) atoms. The van der Waals surface area contributed by atoms with Crippen molar-refractivity contribution in [2.75, 3.05) is 11.9 Å². The molecule has 0 saturated heterocycles. The molecular weight excluding hydrogens is 256 g/mol. The highest BCUT2D eigenvalue weighted by Crippen LogP contribution is 2.28. The van der Waals surface area contributed by atoms with Gasteiger partial charge in [0.2, 0.25) is 0 Å². The summed E-state index contributed by atoms with van der Waals surface area (Å²) in [6.45, 7) is 5.43. The molecule has 0 unspecified atom stereocenters. The molecule has 1 aliphatic carbocycles. The molecule has 1 aromatic rings. The SMILES string of the molecule is CCC(CC)N(C)c1ccc(Cl)cc1CNC1CC1. The standard InChI is InChI=1S/C16H25ClN2/c1-4-15(5-2)19(3)16-9-6-13(17)10-12(16)11-18-14-7-8-14/h6,9-10,14-15,18H,4-5,7-8,11H2,1-3H3. The van der Waals surface area contributed by atoms with Crippen molar-refractivity contribution in [3.05, 3.63) is 28.8 Å². The predicted octanol–water partition coefficient (Wildman–Crippen LogP) is 4.22. The summed E-state index contributed by atoms with van der Waals surface area (Å²) in [5, 5.41) is 4.41. The van der Waals surface area contributed by atoms with Gasteiger partial charge in [-0.25, -0.2) is 0 Å². The molecule has 0 radical (unpaired) electrons. The molecule has 0 spiro atoms. The first-order valence-corrected chi connectivity index (χ1v) is 7.78. The summed E-state index contributed by atoms with van der Waals surface area (Å²) < 4.78 is 0. The summed E-state index contributed by atoms with van der Waals surface area (Å²) >= 11 is 6.15. The van der Waals surface area contributed by atoms with E-state index in [4.69, 9.17) is 11.6 Å². The summed E-state index contributed by atoms with van der Waals surface area (Å²) in [7, 11) is 2.20. The highest BCUT2D eigenvalue weighted by molar-refractivity contribution is 6.30. The second-order valence-electron chi connectivity index (χ2n) is 5.51. The minimum Gasteiger partial charge on any atom is -0.371 e. The Morgan fingerprint density at radius 3 is 2.58 bits per heavy atom. The molecule has 1 aromatic carbocycles. The number of nitrogens with one attached hydrogen (secondary N) is 1. The fourth-order valence-electron chi connectivity index (χ4n) is 2.61. The van der Waals surface area contributed by atoms with Crippen molar-refractivity contribution in [1.29, 1.82) is 0 Å². The van der Waals surface area contributed by atoms with Crippen molar-refractivity contribution in [3.63, 3.8) is 0 Å². The van der Waals surface area contributed by atoms with Gasteiger partial charge in [-0.2, -0.15) is 0 Å². The van der Waals surface area contributed by atoms with E-state index >= 15 is 0 Å². The Bertz CT molecular complexity index is 411. The lowest BCUT2D eigenvalue weighted by molar-refractivity contribution is 0.587. The van der Waals surface area contributed by atoms with Gasteiger partial charge in [-0.05, 0) is 49.4 Å². The van der Waals surface area contributed by atoms with Gasteiger partial charge in [0.05, 0.1) is 0 Å². The third-order valence-electron chi connectivity index (χ3n) is 4.07. The number of nitrogens with zero attached hydrogens (tertiary/aromatic N) is 1. The Balaban J connectivity index is 2.16. The van der Waals surface area contributed by atoms with Crippen molar-refractivity contribution < 1.29 is 0 Å². The zero-order chi connectivity index (χ0) is 13.8. The van der Waals surface area contributed by atoms with Crippen LogP contribution in [0.25, 0.3) is 0 Å². The van der Waals surface area contributed by atoms with E-state index in [0.717, 1.165) is 17.6 Å². The van der Waals surface area contributed by atoms with E-state index in [2.05, 4.69) is 43.2 Å². The van der Waals surface area contributed by atoms with E-state index in [-0.39, 0.29) is 0 Å². The summed E-state index contributed by atoms with van der Waals surface area (Å²) in [6, 6.07) is 7.58. The molecule has 0 bridgehead atoms. The molecule has 0 aliphatic heterocycles. The van der Waals surface area contributed by atoms with Crippen molar-refractivity contribution in [2.45, 2.75) is 58.2 Å². The second-order valence-corrected chi connectivity index (χ2v) is 5.95. The third-order valence-corrected chi connectivity index (χ3v) is 4.31. The average Bonchev–Trinajstić information content (AvgIpc) is 3.21. The monoisotopic (exact) mass is 280 g/mol. The molecule has 1 fully saturated rings. The van der Waals surface area contributed by atoms with Gasteiger partial charge >= 0.3 is 0 Å². The number of hydrogen-bond donors (Lipinski definition) is 1. The smallest absolute Gasteiger partial charge is 0.0412 e. The summed E-state index contributed by atoms with van der Waals surface area (Å²) in [5.41, 5.74) is 2.63. The highest BCUT2D eigenvalue weighted by Gasteiger charge is 2.21. The van der Waals surface area contributed by atoms with Crippen LogP contribution in [0.2, 0.25) is 5.02 Å². The molecule has 106 valence electrons. The summed E-state index contributed by atoms with van der Waals surface area (Å²) in [6.07, 6.45) is 4.98. The Hall–Kier alpha value is -0.730. The van der Waals surface area contributed by atoms with Crippen molar-refractivity contribution in [1.82, 2.24) is 5.32 Å². The maximum Gasteiger partial charge on any atom is 0.0412 e. The maximum absolute atomic E-state index is 6.15. The Labute approximate surface area is 122 Å². The molecule has 0 aromatic heterocycles. The van der Waals surface area contributed by atoms with E-state index in [1.807, 2.05) is 6.07 Å². The largest absolute Gasteiger partial charge is 0.371 e. The van der Waals surface area contributed by atoms with Gasteiger partial charge in [-0.1, -0.05) is 25.4 Å². The summed E-state index contributed by atoms with van der Waals surface area (Å²) in [4.78, 5) is 2.40. The van der Waals surface area contributed by atoms with Crippen LogP contribution in [0.3, 0.4) is 0 Å². The molecule has 0 heterocycles. The molecule has 0 atom stereocenters.